The molecule has 1 heteroatoms. The Kier molecular flexibility index (Phi) is 6.06. The second-order valence-corrected chi connectivity index (χ2v) is 2.68. The summed E-state index contributed by atoms with van der Waals surface area (Å²) in [4.78, 5) is 0. The van der Waals surface area contributed by atoms with Crippen molar-refractivity contribution in [3.63, 3.8) is 0 Å². The van der Waals surface area contributed by atoms with Gasteiger partial charge < -0.3 is 4.74 Å². The third-order valence-corrected chi connectivity index (χ3v) is 0.990. The molecule has 0 N–H and O–H groups in total. The Morgan fingerprint density at radius 2 is 2.11 bits per heavy atom. The van der Waals surface area contributed by atoms with Gasteiger partial charge in [-0.05, 0) is 12.3 Å². The van der Waals surface area contributed by atoms with Gasteiger partial charge in [0.2, 0.25) is 0 Å². The van der Waals surface area contributed by atoms with Crippen LogP contribution >= 0.6 is 0 Å². The zero-order valence-corrected chi connectivity index (χ0v) is 6.52. The molecule has 0 aromatic heterocycles. The minimum Gasteiger partial charge on any atom is -0.381 e. The van der Waals surface area contributed by atoms with Gasteiger partial charge in [-0.2, -0.15) is 0 Å². The lowest BCUT2D eigenvalue weighted by atomic mass is 10.2. The first kappa shape index (κ1) is 8.96. The molecular formula is C8H17O. The molecule has 0 saturated heterocycles. The molecule has 0 unspecified atom stereocenters. The Morgan fingerprint density at radius 3 is 2.56 bits per heavy atom. The van der Waals surface area contributed by atoms with Crippen molar-refractivity contribution in [2.24, 2.45) is 5.92 Å². The summed E-state index contributed by atoms with van der Waals surface area (Å²) in [7, 11) is 0. The average molecular weight is 129 g/mol. The van der Waals surface area contributed by atoms with Crippen LogP contribution in [0.1, 0.15) is 26.7 Å². The van der Waals surface area contributed by atoms with Gasteiger partial charge in [0.05, 0.1) is 0 Å². The summed E-state index contributed by atoms with van der Waals surface area (Å²) in [6, 6.07) is 0. The van der Waals surface area contributed by atoms with Gasteiger partial charge in [-0.3, -0.25) is 0 Å². The molecule has 0 heterocycles. The van der Waals surface area contributed by atoms with Crippen molar-refractivity contribution < 1.29 is 4.74 Å². The fourth-order valence-electron chi connectivity index (χ4n) is 0.523. The number of ether oxygens (including phenoxy) is 1. The van der Waals surface area contributed by atoms with E-state index in [1.54, 1.807) is 0 Å². The van der Waals surface area contributed by atoms with E-state index in [0.29, 0.717) is 5.92 Å². The molecule has 0 aliphatic rings. The number of hydrogen-bond donors (Lipinski definition) is 0. The van der Waals surface area contributed by atoms with E-state index in [-0.39, 0.29) is 0 Å². The minimum atomic E-state index is 0.662. The van der Waals surface area contributed by atoms with Gasteiger partial charge in [-0.15, -0.1) is 0 Å². The molecule has 0 saturated carbocycles. The number of hydrogen-bond acceptors (Lipinski definition) is 1. The highest BCUT2D eigenvalue weighted by Gasteiger charge is 1.91. The highest BCUT2D eigenvalue weighted by atomic mass is 16.5. The van der Waals surface area contributed by atoms with Crippen LogP contribution in [-0.4, -0.2) is 13.2 Å². The van der Waals surface area contributed by atoms with E-state index in [2.05, 4.69) is 20.8 Å². The minimum absolute atomic E-state index is 0.662. The van der Waals surface area contributed by atoms with Crippen LogP contribution in [0.3, 0.4) is 0 Å². The second kappa shape index (κ2) is 6.09. The quantitative estimate of drug-likeness (QED) is 0.517. The van der Waals surface area contributed by atoms with E-state index in [9.17, 15) is 0 Å². The predicted octanol–water partition coefficient (Wildman–Crippen LogP) is 2.27. The van der Waals surface area contributed by atoms with Crippen LogP contribution in [0.5, 0.6) is 0 Å². The average Bonchev–Trinajstić information content (AvgIpc) is 1.80. The number of unbranched alkanes of at least 4 members (excludes halogenated alkanes) is 1. The summed E-state index contributed by atoms with van der Waals surface area (Å²) >= 11 is 0. The van der Waals surface area contributed by atoms with Gasteiger partial charge >= 0.3 is 0 Å². The van der Waals surface area contributed by atoms with E-state index < -0.39 is 0 Å². The number of rotatable bonds is 5. The molecule has 0 atom stereocenters. The van der Waals surface area contributed by atoms with E-state index in [1.807, 2.05) is 0 Å². The summed E-state index contributed by atoms with van der Waals surface area (Å²) < 4.78 is 5.30. The van der Waals surface area contributed by atoms with Gasteiger partial charge in [0, 0.05) is 13.2 Å². The van der Waals surface area contributed by atoms with Crippen molar-refractivity contribution in [2.45, 2.75) is 26.7 Å². The Balaban J connectivity index is 2.75. The largest absolute Gasteiger partial charge is 0.381 e. The summed E-state index contributed by atoms with van der Waals surface area (Å²) in [6.07, 6.45) is 2.07. The smallest absolute Gasteiger partial charge is 0.0488 e. The van der Waals surface area contributed by atoms with Gasteiger partial charge in [-0.1, -0.05) is 27.2 Å². The Bertz CT molecular complexity index is 50.5. The highest BCUT2D eigenvalue weighted by Crippen LogP contribution is 1.94. The molecule has 0 fully saturated rings. The SMILES string of the molecule is [CH2]CCCOCC(C)C. The molecule has 0 aliphatic carbocycles. The Labute approximate surface area is 58.4 Å². The lowest BCUT2D eigenvalue weighted by Crippen LogP contribution is -2.02. The van der Waals surface area contributed by atoms with Crippen LogP contribution in [0.15, 0.2) is 0 Å². The van der Waals surface area contributed by atoms with Gasteiger partial charge in [0.1, 0.15) is 0 Å². The fourth-order valence-corrected chi connectivity index (χ4v) is 0.523. The third-order valence-electron chi connectivity index (χ3n) is 0.990. The fraction of sp³-hybridized carbons (Fsp3) is 0.875. The van der Waals surface area contributed by atoms with Crippen molar-refractivity contribution in [3.05, 3.63) is 6.92 Å². The molecular weight excluding hydrogens is 112 g/mol. The van der Waals surface area contributed by atoms with Gasteiger partial charge in [-0.25, -0.2) is 0 Å². The first-order valence-corrected chi connectivity index (χ1v) is 3.64. The predicted molar refractivity (Wildman–Crippen MR) is 40.2 cm³/mol. The van der Waals surface area contributed by atoms with Crippen molar-refractivity contribution in [1.29, 1.82) is 0 Å². The molecule has 1 nitrogen and oxygen atoms in total. The molecule has 9 heavy (non-hydrogen) atoms. The van der Waals surface area contributed by atoms with Crippen LogP contribution in [0, 0.1) is 12.8 Å². The molecule has 0 aromatic carbocycles. The third kappa shape index (κ3) is 7.96. The van der Waals surface area contributed by atoms with Crippen LogP contribution < -0.4 is 0 Å². The molecule has 0 aromatic rings. The maximum absolute atomic E-state index is 5.30. The first-order valence-electron chi connectivity index (χ1n) is 3.64. The van der Waals surface area contributed by atoms with Crippen molar-refractivity contribution in [3.8, 4) is 0 Å². The maximum Gasteiger partial charge on any atom is 0.0488 e. The van der Waals surface area contributed by atoms with Gasteiger partial charge in [0.25, 0.3) is 0 Å². The van der Waals surface area contributed by atoms with Crippen LogP contribution in [0.2, 0.25) is 0 Å². The van der Waals surface area contributed by atoms with E-state index in [1.165, 1.54) is 0 Å². The van der Waals surface area contributed by atoms with Crippen molar-refractivity contribution in [2.75, 3.05) is 13.2 Å². The lowest BCUT2D eigenvalue weighted by molar-refractivity contribution is 0.108. The van der Waals surface area contributed by atoms with E-state index >= 15 is 0 Å². The zero-order chi connectivity index (χ0) is 7.11. The second-order valence-electron chi connectivity index (χ2n) is 2.68. The first-order chi connectivity index (χ1) is 4.27. The lowest BCUT2D eigenvalue weighted by Gasteiger charge is -2.04. The van der Waals surface area contributed by atoms with Crippen LogP contribution in [-0.2, 0) is 4.74 Å². The topological polar surface area (TPSA) is 9.23 Å². The van der Waals surface area contributed by atoms with Gasteiger partial charge in [0.15, 0.2) is 0 Å². The summed E-state index contributed by atoms with van der Waals surface area (Å²) in [6.45, 7) is 9.80. The maximum atomic E-state index is 5.30. The summed E-state index contributed by atoms with van der Waals surface area (Å²) in [5.41, 5.74) is 0. The van der Waals surface area contributed by atoms with E-state index in [4.69, 9.17) is 4.74 Å². The summed E-state index contributed by atoms with van der Waals surface area (Å²) in [5.74, 6) is 0.662. The molecule has 1 radical (unpaired) electrons. The molecule has 0 bridgehead atoms. The molecule has 0 amide bonds. The molecule has 0 spiro atoms. The Hall–Kier alpha value is -0.0400. The zero-order valence-electron chi connectivity index (χ0n) is 6.52. The normalized spacial score (nSPS) is 10.7. The standard InChI is InChI=1S/C8H17O/c1-4-5-6-9-7-8(2)3/h8H,1,4-7H2,2-3H3. The van der Waals surface area contributed by atoms with Crippen molar-refractivity contribution in [1.82, 2.24) is 0 Å². The van der Waals surface area contributed by atoms with Crippen LogP contribution in [0.4, 0.5) is 0 Å². The monoisotopic (exact) mass is 129 g/mol. The summed E-state index contributed by atoms with van der Waals surface area (Å²) in [5, 5.41) is 0. The highest BCUT2D eigenvalue weighted by molar-refractivity contribution is 4.42. The van der Waals surface area contributed by atoms with Crippen LogP contribution in [0.25, 0.3) is 0 Å². The van der Waals surface area contributed by atoms with E-state index in [0.717, 1.165) is 26.1 Å². The Morgan fingerprint density at radius 1 is 1.44 bits per heavy atom. The molecule has 0 aliphatic heterocycles. The van der Waals surface area contributed by atoms with Crippen molar-refractivity contribution >= 4 is 0 Å². The molecule has 0 rings (SSSR count). The molecule has 55 valence electrons.